The van der Waals surface area contributed by atoms with Crippen LogP contribution in [0.15, 0.2) is 24.9 Å². The summed E-state index contributed by atoms with van der Waals surface area (Å²) in [5.41, 5.74) is 1.24. The molecule has 0 spiro atoms. The van der Waals surface area contributed by atoms with E-state index in [0.717, 1.165) is 19.5 Å². The van der Waals surface area contributed by atoms with Crippen molar-refractivity contribution in [1.29, 1.82) is 0 Å². The fourth-order valence-corrected chi connectivity index (χ4v) is 1.41. The van der Waals surface area contributed by atoms with Gasteiger partial charge in [0.15, 0.2) is 0 Å². The Hall–Kier alpha value is -1.09. The standard InChI is InChI=1S/C11H19N3/c1-4-6-10(3)12-9-11-7-8-13-14(11)5-2/h4,7-8,10,12H,1,5-6,9H2,2-3H3. The van der Waals surface area contributed by atoms with Crippen LogP contribution in [-0.2, 0) is 13.1 Å². The summed E-state index contributed by atoms with van der Waals surface area (Å²) in [5.74, 6) is 0. The number of hydrogen-bond donors (Lipinski definition) is 1. The number of nitrogens with one attached hydrogen (secondary N) is 1. The van der Waals surface area contributed by atoms with Gasteiger partial charge in [0.1, 0.15) is 0 Å². The second-order valence-corrected chi connectivity index (χ2v) is 3.44. The molecule has 78 valence electrons. The minimum Gasteiger partial charge on any atom is -0.308 e. The van der Waals surface area contributed by atoms with E-state index < -0.39 is 0 Å². The third-order valence-electron chi connectivity index (χ3n) is 2.26. The lowest BCUT2D eigenvalue weighted by molar-refractivity contribution is 0.519. The Kier molecular flexibility index (Phi) is 4.40. The SMILES string of the molecule is C=CCC(C)NCc1ccnn1CC. The molecular formula is C11H19N3. The van der Waals surface area contributed by atoms with Crippen LogP contribution in [0.1, 0.15) is 26.0 Å². The lowest BCUT2D eigenvalue weighted by Gasteiger charge is -2.12. The van der Waals surface area contributed by atoms with E-state index >= 15 is 0 Å². The van der Waals surface area contributed by atoms with Gasteiger partial charge in [-0.3, -0.25) is 4.68 Å². The summed E-state index contributed by atoms with van der Waals surface area (Å²) in [7, 11) is 0. The molecule has 1 unspecified atom stereocenters. The van der Waals surface area contributed by atoms with Gasteiger partial charge < -0.3 is 5.32 Å². The molecule has 14 heavy (non-hydrogen) atoms. The number of aryl methyl sites for hydroxylation is 1. The molecule has 0 bridgehead atoms. The van der Waals surface area contributed by atoms with E-state index in [1.165, 1.54) is 5.69 Å². The van der Waals surface area contributed by atoms with Gasteiger partial charge in [-0.05, 0) is 26.3 Å². The van der Waals surface area contributed by atoms with Crippen molar-refractivity contribution in [2.24, 2.45) is 0 Å². The monoisotopic (exact) mass is 193 g/mol. The number of hydrogen-bond acceptors (Lipinski definition) is 2. The predicted octanol–water partition coefficient (Wildman–Crippen LogP) is 1.96. The van der Waals surface area contributed by atoms with E-state index in [4.69, 9.17) is 0 Å². The average molecular weight is 193 g/mol. The maximum absolute atomic E-state index is 4.22. The summed E-state index contributed by atoms with van der Waals surface area (Å²) < 4.78 is 2.01. The average Bonchev–Trinajstić information content (AvgIpc) is 2.62. The van der Waals surface area contributed by atoms with Crippen LogP contribution in [0.5, 0.6) is 0 Å². The van der Waals surface area contributed by atoms with Crippen LogP contribution in [0.3, 0.4) is 0 Å². The first-order valence-corrected chi connectivity index (χ1v) is 5.13. The van der Waals surface area contributed by atoms with Crippen LogP contribution in [0.2, 0.25) is 0 Å². The zero-order valence-corrected chi connectivity index (χ0v) is 9.03. The van der Waals surface area contributed by atoms with Crippen molar-refractivity contribution < 1.29 is 0 Å². The van der Waals surface area contributed by atoms with Crippen molar-refractivity contribution in [3.63, 3.8) is 0 Å². The quantitative estimate of drug-likeness (QED) is 0.700. The van der Waals surface area contributed by atoms with E-state index in [9.17, 15) is 0 Å². The van der Waals surface area contributed by atoms with Crippen molar-refractivity contribution in [3.05, 3.63) is 30.6 Å². The maximum Gasteiger partial charge on any atom is 0.0522 e. The normalized spacial score (nSPS) is 12.7. The van der Waals surface area contributed by atoms with E-state index in [0.29, 0.717) is 6.04 Å². The third kappa shape index (κ3) is 3.00. The van der Waals surface area contributed by atoms with Gasteiger partial charge in [-0.2, -0.15) is 5.10 Å². The highest BCUT2D eigenvalue weighted by Gasteiger charge is 2.02. The molecule has 1 aromatic heterocycles. The van der Waals surface area contributed by atoms with Crippen molar-refractivity contribution in [1.82, 2.24) is 15.1 Å². The molecule has 0 aliphatic rings. The fourth-order valence-electron chi connectivity index (χ4n) is 1.41. The predicted molar refractivity (Wildman–Crippen MR) is 59.0 cm³/mol. The Morgan fingerprint density at radius 1 is 1.71 bits per heavy atom. The minimum atomic E-state index is 0.479. The zero-order chi connectivity index (χ0) is 10.4. The van der Waals surface area contributed by atoms with E-state index in [1.54, 1.807) is 0 Å². The summed E-state index contributed by atoms with van der Waals surface area (Å²) >= 11 is 0. The van der Waals surface area contributed by atoms with E-state index in [2.05, 4.69) is 36.9 Å². The molecule has 1 aromatic rings. The molecule has 0 radical (unpaired) electrons. The summed E-state index contributed by atoms with van der Waals surface area (Å²) in [6.07, 6.45) is 4.79. The molecule has 0 fully saturated rings. The van der Waals surface area contributed by atoms with Gasteiger partial charge in [-0.25, -0.2) is 0 Å². The van der Waals surface area contributed by atoms with Gasteiger partial charge in [-0.15, -0.1) is 6.58 Å². The highest BCUT2D eigenvalue weighted by molar-refractivity contribution is 5.00. The summed E-state index contributed by atoms with van der Waals surface area (Å²) in [6.45, 7) is 9.79. The first-order valence-electron chi connectivity index (χ1n) is 5.13. The van der Waals surface area contributed by atoms with Crippen molar-refractivity contribution in [2.75, 3.05) is 0 Å². The molecule has 1 atom stereocenters. The molecule has 0 aliphatic carbocycles. The zero-order valence-electron chi connectivity index (χ0n) is 9.03. The maximum atomic E-state index is 4.22. The Balaban J connectivity index is 2.40. The minimum absolute atomic E-state index is 0.479. The van der Waals surface area contributed by atoms with Gasteiger partial charge in [0, 0.05) is 25.3 Å². The van der Waals surface area contributed by atoms with Crippen LogP contribution >= 0.6 is 0 Å². The van der Waals surface area contributed by atoms with Crippen LogP contribution in [0, 0.1) is 0 Å². The van der Waals surface area contributed by atoms with Crippen molar-refractivity contribution in [3.8, 4) is 0 Å². The number of aromatic nitrogens is 2. The lowest BCUT2D eigenvalue weighted by atomic mass is 10.2. The van der Waals surface area contributed by atoms with Crippen molar-refractivity contribution in [2.45, 2.75) is 39.4 Å². The third-order valence-corrected chi connectivity index (χ3v) is 2.26. The Morgan fingerprint density at radius 3 is 3.14 bits per heavy atom. The van der Waals surface area contributed by atoms with Crippen LogP contribution in [0.25, 0.3) is 0 Å². The summed E-state index contributed by atoms with van der Waals surface area (Å²) in [6, 6.07) is 2.53. The Morgan fingerprint density at radius 2 is 2.50 bits per heavy atom. The molecule has 0 aliphatic heterocycles. The largest absolute Gasteiger partial charge is 0.308 e. The van der Waals surface area contributed by atoms with Gasteiger partial charge in [0.25, 0.3) is 0 Å². The van der Waals surface area contributed by atoms with E-state index in [1.807, 2.05) is 17.0 Å². The van der Waals surface area contributed by atoms with Gasteiger partial charge in [0.05, 0.1) is 5.69 Å². The van der Waals surface area contributed by atoms with Crippen molar-refractivity contribution >= 4 is 0 Å². The Bertz CT molecular complexity index is 278. The number of nitrogens with zero attached hydrogens (tertiary/aromatic N) is 2. The highest BCUT2D eigenvalue weighted by Crippen LogP contribution is 2.00. The summed E-state index contributed by atoms with van der Waals surface area (Å²) in [5, 5.41) is 7.64. The molecule has 3 nitrogen and oxygen atoms in total. The topological polar surface area (TPSA) is 29.9 Å². The highest BCUT2D eigenvalue weighted by atomic mass is 15.3. The fraction of sp³-hybridized carbons (Fsp3) is 0.545. The van der Waals surface area contributed by atoms with Crippen LogP contribution in [0.4, 0.5) is 0 Å². The second kappa shape index (κ2) is 5.60. The van der Waals surface area contributed by atoms with Crippen LogP contribution in [-0.4, -0.2) is 15.8 Å². The van der Waals surface area contributed by atoms with E-state index in [-0.39, 0.29) is 0 Å². The van der Waals surface area contributed by atoms with Gasteiger partial charge >= 0.3 is 0 Å². The van der Waals surface area contributed by atoms with Gasteiger partial charge in [0.2, 0.25) is 0 Å². The lowest BCUT2D eigenvalue weighted by Crippen LogP contribution is -2.26. The smallest absolute Gasteiger partial charge is 0.0522 e. The molecule has 1 N–H and O–H groups in total. The van der Waals surface area contributed by atoms with Gasteiger partial charge in [-0.1, -0.05) is 6.08 Å². The first-order chi connectivity index (χ1) is 6.77. The molecular weight excluding hydrogens is 174 g/mol. The summed E-state index contributed by atoms with van der Waals surface area (Å²) in [4.78, 5) is 0. The Labute approximate surface area is 85.8 Å². The van der Waals surface area contributed by atoms with Crippen LogP contribution < -0.4 is 5.32 Å². The molecule has 0 aromatic carbocycles. The second-order valence-electron chi connectivity index (χ2n) is 3.44. The first kappa shape index (κ1) is 11.0. The molecule has 0 saturated heterocycles. The molecule has 0 saturated carbocycles. The molecule has 0 amide bonds. The number of rotatable bonds is 6. The molecule has 3 heteroatoms. The molecule has 1 heterocycles. The molecule has 1 rings (SSSR count).